The van der Waals surface area contributed by atoms with Gasteiger partial charge in [0.05, 0.1) is 4.90 Å². The number of likely N-dealkylation sites (tertiary alicyclic amines) is 1. The van der Waals surface area contributed by atoms with Crippen molar-refractivity contribution < 1.29 is 13.2 Å². The summed E-state index contributed by atoms with van der Waals surface area (Å²) >= 11 is 0. The number of hydrogen-bond donors (Lipinski definition) is 1. The average Bonchev–Trinajstić information content (AvgIpc) is 2.96. The number of amides is 1. The summed E-state index contributed by atoms with van der Waals surface area (Å²) in [5.41, 5.74) is 2.41. The fourth-order valence-corrected chi connectivity index (χ4v) is 4.40. The van der Waals surface area contributed by atoms with Crippen molar-refractivity contribution in [3.8, 4) is 0 Å². The highest BCUT2D eigenvalue weighted by atomic mass is 32.2. The summed E-state index contributed by atoms with van der Waals surface area (Å²) in [4.78, 5) is 14.7. The normalized spacial score (nSPS) is 15.4. The van der Waals surface area contributed by atoms with E-state index in [4.69, 9.17) is 0 Å². The summed E-state index contributed by atoms with van der Waals surface area (Å²) < 4.78 is 27.9. The Morgan fingerprint density at radius 1 is 1.00 bits per heavy atom. The number of sulfonamides is 1. The van der Waals surface area contributed by atoms with E-state index >= 15 is 0 Å². The summed E-state index contributed by atoms with van der Waals surface area (Å²) in [5.74, 6) is -0.0902. The lowest BCUT2D eigenvalue weighted by Crippen LogP contribution is -2.32. The van der Waals surface area contributed by atoms with Gasteiger partial charge in [0, 0.05) is 25.2 Å². The van der Waals surface area contributed by atoms with Crippen LogP contribution in [0.2, 0.25) is 0 Å². The van der Waals surface area contributed by atoms with Crippen LogP contribution in [0.25, 0.3) is 0 Å². The Labute approximate surface area is 161 Å². The first kappa shape index (κ1) is 19.6. The van der Waals surface area contributed by atoms with Crippen molar-refractivity contribution in [2.45, 2.75) is 44.0 Å². The standard InChI is InChI=1S/C21H26N2O3S/c1-17-8-6-9-18(14-17)16-22-27(25,26)20-11-7-10-19(15-20)21(24)23-12-4-2-3-5-13-23/h6-11,14-15,22H,2-5,12-13,16H2,1H3. The van der Waals surface area contributed by atoms with Gasteiger partial charge >= 0.3 is 0 Å². The van der Waals surface area contributed by atoms with Crippen LogP contribution >= 0.6 is 0 Å². The van der Waals surface area contributed by atoms with Crippen LogP contribution in [0, 0.1) is 6.92 Å². The summed E-state index contributed by atoms with van der Waals surface area (Å²) in [6, 6.07) is 14.0. The van der Waals surface area contributed by atoms with Crippen LogP contribution < -0.4 is 4.72 Å². The predicted molar refractivity (Wildman–Crippen MR) is 106 cm³/mol. The average molecular weight is 387 g/mol. The van der Waals surface area contributed by atoms with E-state index < -0.39 is 10.0 Å². The molecule has 1 N–H and O–H groups in total. The Kier molecular flexibility index (Phi) is 6.29. The van der Waals surface area contributed by atoms with Crippen molar-refractivity contribution in [3.05, 3.63) is 65.2 Å². The van der Waals surface area contributed by atoms with E-state index in [1.165, 1.54) is 12.1 Å². The van der Waals surface area contributed by atoms with E-state index in [-0.39, 0.29) is 17.3 Å². The van der Waals surface area contributed by atoms with Crippen LogP contribution in [0.1, 0.15) is 47.2 Å². The minimum absolute atomic E-state index is 0.0902. The second-order valence-electron chi connectivity index (χ2n) is 7.05. The van der Waals surface area contributed by atoms with Gasteiger partial charge in [-0.15, -0.1) is 0 Å². The van der Waals surface area contributed by atoms with Crippen molar-refractivity contribution in [1.82, 2.24) is 9.62 Å². The minimum atomic E-state index is -3.69. The lowest BCUT2D eigenvalue weighted by Gasteiger charge is -2.20. The number of hydrogen-bond acceptors (Lipinski definition) is 3. The van der Waals surface area contributed by atoms with E-state index in [0.717, 1.165) is 49.9 Å². The molecular weight excluding hydrogens is 360 g/mol. The molecule has 3 rings (SSSR count). The fraction of sp³-hybridized carbons (Fsp3) is 0.381. The van der Waals surface area contributed by atoms with Gasteiger partial charge in [0.15, 0.2) is 0 Å². The molecule has 0 unspecified atom stereocenters. The first-order chi connectivity index (χ1) is 13.0. The van der Waals surface area contributed by atoms with Crippen LogP contribution in [0.15, 0.2) is 53.4 Å². The lowest BCUT2D eigenvalue weighted by atomic mass is 10.1. The second-order valence-corrected chi connectivity index (χ2v) is 8.81. The highest BCUT2D eigenvalue weighted by molar-refractivity contribution is 7.89. The first-order valence-electron chi connectivity index (χ1n) is 9.40. The van der Waals surface area contributed by atoms with Gasteiger partial charge in [0.2, 0.25) is 10.0 Å². The maximum atomic E-state index is 12.8. The largest absolute Gasteiger partial charge is 0.339 e. The summed E-state index contributed by atoms with van der Waals surface area (Å²) in [7, 11) is -3.69. The van der Waals surface area contributed by atoms with Crippen molar-refractivity contribution in [1.29, 1.82) is 0 Å². The molecule has 0 spiro atoms. The zero-order valence-corrected chi connectivity index (χ0v) is 16.5. The third-order valence-corrected chi connectivity index (χ3v) is 6.23. The number of nitrogens with one attached hydrogen (secondary N) is 1. The third kappa shape index (κ3) is 5.17. The zero-order valence-electron chi connectivity index (χ0n) is 15.6. The number of carbonyl (C=O) groups excluding carboxylic acids is 1. The number of aryl methyl sites for hydroxylation is 1. The quantitative estimate of drug-likeness (QED) is 0.855. The molecule has 2 aromatic rings. The molecule has 144 valence electrons. The van der Waals surface area contributed by atoms with Gasteiger partial charge in [-0.2, -0.15) is 0 Å². The van der Waals surface area contributed by atoms with Crippen LogP contribution in [0.5, 0.6) is 0 Å². The molecule has 0 saturated carbocycles. The van der Waals surface area contributed by atoms with E-state index in [1.54, 1.807) is 12.1 Å². The second kappa shape index (κ2) is 8.67. The third-order valence-electron chi connectivity index (χ3n) is 4.83. The van der Waals surface area contributed by atoms with Gasteiger partial charge in [0.1, 0.15) is 0 Å². The molecule has 1 aliphatic heterocycles. The fourth-order valence-electron chi connectivity index (χ4n) is 3.34. The Morgan fingerprint density at radius 3 is 2.41 bits per heavy atom. The molecule has 0 atom stereocenters. The number of rotatable bonds is 5. The molecule has 6 heteroatoms. The van der Waals surface area contributed by atoms with Crippen LogP contribution in [-0.4, -0.2) is 32.3 Å². The van der Waals surface area contributed by atoms with Crippen molar-refractivity contribution in [3.63, 3.8) is 0 Å². The minimum Gasteiger partial charge on any atom is -0.339 e. The maximum Gasteiger partial charge on any atom is 0.253 e. The van der Waals surface area contributed by atoms with Crippen LogP contribution in [0.4, 0.5) is 0 Å². The molecular formula is C21H26N2O3S. The van der Waals surface area contributed by atoms with E-state index in [2.05, 4.69) is 4.72 Å². The molecule has 1 heterocycles. The molecule has 0 aliphatic carbocycles. The Balaban J connectivity index is 1.74. The predicted octanol–water partition coefficient (Wildman–Crippen LogP) is 3.49. The van der Waals surface area contributed by atoms with Crippen molar-refractivity contribution in [2.24, 2.45) is 0 Å². The van der Waals surface area contributed by atoms with Gasteiger partial charge < -0.3 is 4.90 Å². The number of nitrogens with zero attached hydrogens (tertiary/aromatic N) is 1. The van der Waals surface area contributed by atoms with Gasteiger partial charge in [0.25, 0.3) is 5.91 Å². The molecule has 0 radical (unpaired) electrons. The maximum absolute atomic E-state index is 12.8. The summed E-state index contributed by atoms with van der Waals surface area (Å²) in [6.45, 7) is 3.66. The summed E-state index contributed by atoms with van der Waals surface area (Å²) in [5, 5.41) is 0. The van der Waals surface area contributed by atoms with Crippen molar-refractivity contribution >= 4 is 15.9 Å². The van der Waals surface area contributed by atoms with Crippen molar-refractivity contribution in [2.75, 3.05) is 13.1 Å². The first-order valence-corrected chi connectivity index (χ1v) is 10.9. The summed E-state index contributed by atoms with van der Waals surface area (Å²) in [6.07, 6.45) is 4.28. The molecule has 0 bridgehead atoms. The molecule has 0 aromatic heterocycles. The molecule has 1 amide bonds. The van der Waals surface area contributed by atoms with Gasteiger partial charge in [-0.3, -0.25) is 4.79 Å². The molecule has 1 aliphatic rings. The zero-order chi connectivity index (χ0) is 19.3. The topological polar surface area (TPSA) is 66.5 Å². The Hall–Kier alpha value is -2.18. The smallest absolute Gasteiger partial charge is 0.253 e. The SMILES string of the molecule is Cc1cccc(CNS(=O)(=O)c2cccc(C(=O)N3CCCCCC3)c2)c1. The molecule has 2 aromatic carbocycles. The van der Waals surface area contributed by atoms with E-state index in [9.17, 15) is 13.2 Å². The Morgan fingerprint density at radius 2 is 1.70 bits per heavy atom. The van der Waals surface area contributed by atoms with E-state index in [0.29, 0.717) is 5.56 Å². The molecule has 27 heavy (non-hydrogen) atoms. The molecule has 1 fully saturated rings. The lowest BCUT2D eigenvalue weighted by molar-refractivity contribution is 0.0761. The number of benzene rings is 2. The van der Waals surface area contributed by atoms with Crippen LogP contribution in [-0.2, 0) is 16.6 Å². The van der Waals surface area contributed by atoms with Crippen LogP contribution in [0.3, 0.4) is 0 Å². The van der Waals surface area contributed by atoms with E-state index in [1.807, 2.05) is 36.1 Å². The highest BCUT2D eigenvalue weighted by Crippen LogP contribution is 2.17. The van der Waals surface area contributed by atoms with Gasteiger partial charge in [-0.1, -0.05) is 48.7 Å². The van der Waals surface area contributed by atoms with Gasteiger partial charge in [-0.25, -0.2) is 13.1 Å². The molecule has 5 nitrogen and oxygen atoms in total. The molecule has 1 saturated heterocycles. The number of carbonyl (C=O) groups is 1. The highest BCUT2D eigenvalue weighted by Gasteiger charge is 2.20. The Bertz CT molecular complexity index is 901. The van der Waals surface area contributed by atoms with Gasteiger partial charge in [-0.05, 0) is 43.5 Å². The monoisotopic (exact) mass is 386 g/mol.